The van der Waals surface area contributed by atoms with Crippen LogP contribution in [0.3, 0.4) is 0 Å². The van der Waals surface area contributed by atoms with Crippen molar-refractivity contribution in [1.82, 2.24) is 9.80 Å². The summed E-state index contributed by atoms with van der Waals surface area (Å²) in [5.41, 5.74) is 0.599. The van der Waals surface area contributed by atoms with Crippen LogP contribution in [-0.2, 0) is 4.79 Å². The predicted octanol–water partition coefficient (Wildman–Crippen LogP) is 2.05. The molecule has 0 N–H and O–H groups in total. The molecule has 1 aromatic rings. The maximum atomic E-state index is 12.5. The molecule has 2 amide bonds. The Bertz CT molecular complexity index is 507. The number of hydrogen-bond donors (Lipinski definition) is 0. The number of halogens is 1. The lowest BCUT2D eigenvalue weighted by Crippen LogP contribution is -2.46. The molecule has 1 saturated heterocycles. The van der Waals surface area contributed by atoms with Crippen LogP contribution in [0.25, 0.3) is 0 Å². The van der Waals surface area contributed by atoms with Crippen LogP contribution >= 0.6 is 27.7 Å². The van der Waals surface area contributed by atoms with Gasteiger partial charge in [0.15, 0.2) is 0 Å². The van der Waals surface area contributed by atoms with Gasteiger partial charge in [0, 0.05) is 24.3 Å². The topological polar surface area (TPSA) is 40.6 Å². The maximum Gasteiger partial charge on any atom is 0.256 e. The molecule has 0 saturated carbocycles. The summed E-state index contributed by atoms with van der Waals surface area (Å²) < 4.78 is 0.757. The predicted molar refractivity (Wildman–Crippen MR) is 80.1 cm³/mol. The van der Waals surface area contributed by atoms with Gasteiger partial charge in [0.1, 0.15) is 6.04 Å². The summed E-state index contributed by atoms with van der Waals surface area (Å²) in [4.78, 5) is 27.8. The Kier molecular flexibility index (Phi) is 4.52. The third-order valence-corrected chi connectivity index (χ3v) is 4.68. The number of rotatable bonds is 2. The van der Waals surface area contributed by atoms with Gasteiger partial charge >= 0.3 is 0 Å². The molecule has 0 bridgehead atoms. The smallest absolute Gasteiger partial charge is 0.256 e. The standard InChI is InChI=1S/C13H15BrN2O2S/c1-15(2)13(18)11-7-19-8-16(11)12(17)9-5-3-4-6-10(9)14/h3-6,11H,7-8H2,1-2H3/t11-/m0/s1. The Labute approximate surface area is 125 Å². The van der Waals surface area contributed by atoms with E-state index < -0.39 is 0 Å². The summed E-state index contributed by atoms with van der Waals surface area (Å²) in [6.07, 6.45) is 0. The molecule has 4 nitrogen and oxygen atoms in total. The molecule has 102 valence electrons. The summed E-state index contributed by atoms with van der Waals surface area (Å²) in [5, 5.41) is 0. The molecule has 1 heterocycles. The highest BCUT2D eigenvalue weighted by molar-refractivity contribution is 9.10. The second-order valence-electron chi connectivity index (χ2n) is 4.50. The van der Waals surface area contributed by atoms with Gasteiger partial charge in [-0.2, -0.15) is 0 Å². The largest absolute Gasteiger partial charge is 0.347 e. The van der Waals surface area contributed by atoms with Crippen molar-refractivity contribution in [2.45, 2.75) is 6.04 Å². The summed E-state index contributed by atoms with van der Waals surface area (Å²) in [7, 11) is 3.43. The summed E-state index contributed by atoms with van der Waals surface area (Å²) in [5.74, 6) is 1.10. The minimum atomic E-state index is -0.361. The van der Waals surface area contributed by atoms with E-state index in [1.165, 1.54) is 4.90 Å². The quantitative estimate of drug-likeness (QED) is 0.825. The zero-order chi connectivity index (χ0) is 14.0. The van der Waals surface area contributed by atoms with Crippen molar-refractivity contribution in [2.75, 3.05) is 25.7 Å². The molecule has 0 spiro atoms. The van der Waals surface area contributed by atoms with E-state index in [1.807, 2.05) is 18.2 Å². The lowest BCUT2D eigenvalue weighted by atomic mass is 10.1. The highest BCUT2D eigenvalue weighted by atomic mass is 79.9. The van der Waals surface area contributed by atoms with Crippen LogP contribution in [0.15, 0.2) is 28.7 Å². The first-order chi connectivity index (χ1) is 9.02. The van der Waals surface area contributed by atoms with E-state index in [-0.39, 0.29) is 17.9 Å². The number of benzene rings is 1. The van der Waals surface area contributed by atoms with Crippen LogP contribution in [0.5, 0.6) is 0 Å². The third-order valence-electron chi connectivity index (χ3n) is 2.97. The minimum absolute atomic E-state index is 0.0228. The van der Waals surface area contributed by atoms with E-state index in [1.54, 1.807) is 36.8 Å². The van der Waals surface area contributed by atoms with E-state index in [0.29, 0.717) is 17.2 Å². The number of nitrogens with zero attached hydrogens (tertiary/aromatic N) is 2. The first kappa shape index (κ1) is 14.4. The third kappa shape index (κ3) is 2.95. The van der Waals surface area contributed by atoms with Gasteiger partial charge in [0.05, 0.1) is 11.4 Å². The molecule has 0 aromatic heterocycles. The van der Waals surface area contributed by atoms with Crippen molar-refractivity contribution in [1.29, 1.82) is 0 Å². The van der Waals surface area contributed by atoms with Crippen LogP contribution in [0, 0.1) is 0 Å². The van der Waals surface area contributed by atoms with Crippen molar-refractivity contribution in [2.24, 2.45) is 0 Å². The van der Waals surface area contributed by atoms with Gasteiger partial charge in [-0.3, -0.25) is 9.59 Å². The van der Waals surface area contributed by atoms with Crippen LogP contribution in [0.2, 0.25) is 0 Å². The summed E-state index contributed by atoms with van der Waals surface area (Å²) in [6, 6.07) is 6.93. The molecule has 1 fully saturated rings. The first-order valence-corrected chi connectivity index (χ1v) is 7.81. The molecule has 0 radical (unpaired) electrons. The second-order valence-corrected chi connectivity index (χ2v) is 6.36. The molecule has 1 aromatic carbocycles. The average molecular weight is 343 g/mol. The van der Waals surface area contributed by atoms with Crippen molar-refractivity contribution in [3.8, 4) is 0 Å². The van der Waals surface area contributed by atoms with Crippen LogP contribution in [-0.4, -0.2) is 53.4 Å². The van der Waals surface area contributed by atoms with Gasteiger partial charge in [-0.1, -0.05) is 12.1 Å². The second kappa shape index (κ2) is 5.96. The normalized spacial score (nSPS) is 18.5. The van der Waals surface area contributed by atoms with Crippen molar-refractivity contribution >= 4 is 39.5 Å². The maximum absolute atomic E-state index is 12.5. The zero-order valence-electron chi connectivity index (χ0n) is 10.8. The SMILES string of the molecule is CN(C)C(=O)[C@@H]1CSCN1C(=O)c1ccccc1Br. The molecule has 0 aliphatic carbocycles. The molecular weight excluding hydrogens is 328 g/mol. The minimum Gasteiger partial charge on any atom is -0.347 e. The fourth-order valence-corrected chi connectivity index (χ4v) is 3.53. The molecule has 0 unspecified atom stereocenters. The van der Waals surface area contributed by atoms with E-state index in [2.05, 4.69) is 15.9 Å². The monoisotopic (exact) mass is 342 g/mol. The number of amides is 2. The molecule has 1 atom stereocenters. The van der Waals surface area contributed by atoms with E-state index >= 15 is 0 Å². The fraction of sp³-hybridized carbons (Fsp3) is 0.385. The van der Waals surface area contributed by atoms with Gasteiger partial charge in [-0.25, -0.2) is 0 Å². The van der Waals surface area contributed by atoms with Crippen molar-refractivity contribution < 1.29 is 9.59 Å². The van der Waals surface area contributed by atoms with Gasteiger partial charge in [-0.15, -0.1) is 11.8 Å². The van der Waals surface area contributed by atoms with E-state index in [9.17, 15) is 9.59 Å². The number of hydrogen-bond acceptors (Lipinski definition) is 3. The highest BCUT2D eigenvalue weighted by Gasteiger charge is 2.36. The number of carbonyl (C=O) groups is 2. The number of thioether (sulfide) groups is 1. The van der Waals surface area contributed by atoms with Gasteiger partial charge in [-0.05, 0) is 28.1 Å². The molecule has 19 heavy (non-hydrogen) atoms. The van der Waals surface area contributed by atoms with E-state index in [4.69, 9.17) is 0 Å². The first-order valence-electron chi connectivity index (χ1n) is 5.86. The lowest BCUT2D eigenvalue weighted by molar-refractivity contribution is -0.132. The van der Waals surface area contributed by atoms with E-state index in [0.717, 1.165) is 4.47 Å². The van der Waals surface area contributed by atoms with Crippen molar-refractivity contribution in [3.63, 3.8) is 0 Å². The van der Waals surface area contributed by atoms with Crippen LogP contribution in [0.1, 0.15) is 10.4 Å². The molecular formula is C13H15BrN2O2S. The molecule has 1 aliphatic heterocycles. The Balaban J connectivity index is 2.24. The van der Waals surface area contributed by atoms with Gasteiger partial charge in [0.25, 0.3) is 5.91 Å². The Morgan fingerprint density at radius 3 is 2.68 bits per heavy atom. The van der Waals surface area contributed by atoms with Gasteiger partial charge in [0.2, 0.25) is 5.91 Å². The number of carbonyl (C=O) groups excluding carboxylic acids is 2. The Morgan fingerprint density at radius 2 is 2.05 bits per heavy atom. The Hall–Kier alpha value is -1.01. The van der Waals surface area contributed by atoms with Crippen LogP contribution < -0.4 is 0 Å². The lowest BCUT2D eigenvalue weighted by Gasteiger charge is -2.25. The summed E-state index contributed by atoms with van der Waals surface area (Å²) in [6.45, 7) is 0. The Morgan fingerprint density at radius 1 is 1.37 bits per heavy atom. The number of likely N-dealkylation sites (N-methyl/N-ethyl adjacent to an activating group) is 1. The highest BCUT2D eigenvalue weighted by Crippen LogP contribution is 2.26. The molecule has 6 heteroatoms. The van der Waals surface area contributed by atoms with Gasteiger partial charge < -0.3 is 9.80 Å². The average Bonchev–Trinajstić information content (AvgIpc) is 2.86. The molecule has 1 aliphatic rings. The zero-order valence-corrected chi connectivity index (χ0v) is 13.2. The van der Waals surface area contributed by atoms with Crippen molar-refractivity contribution in [3.05, 3.63) is 34.3 Å². The summed E-state index contributed by atoms with van der Waals surface area (Å²) >= 11 is 4.99. The molecule has 2 rings (SSSR count). The fourth-order valence-electron chi connectivity index (χ4n) is 1.93. The van der Waals surface area contributed by atoms with Crippen LogP contribution in [0.4, 0.5) is 0 Å².